The first-order valence-electron chi connectivity index (χ1n) is 15.2. The van der Waals surface area contributed by atoms with Crippen LogP contribution in [0.1, 0.15) is 88.1 Å². The number of benzene rings is 2. The number of phenolic OH excluding ortho intramolecular Hbond substituents is 2. The van der Waals surface area contributed by atoms with Crippen LogP contribution in [-0.4, -0.2) is 99.3 Å². The van der Waals surface area contributed by atoms with E-state index in [4.69, 9.17) is 29.4 Å². The molecule has 2 aromatic carbocycles. The van der Waals surface area contributed by atoms with E-state index in [9.17, 15) is 39.9 Å². The summed E-state index contributed by atoms with van der Waals surface area (Å²) in [5.41, 5.74) is 2.72. The first-order valence-corrected chi connectivity index (χ1v) is 15.2. The quantitative estimate of drug-likeness (QED) is 0.155. The largest absolute Gasteiger partial charge is 0.507 e. The molecule has 4 aliphatic rings. The lowest BCUT2D eigenvalue weighted by atomic mass is 9.72. The van der Waals surface area contributed by atoms with Crippen LogP contribution in [0.25, 0.3) is 0 Å². The maximum absolute atomic E-state index is 13.8. The average molecular weight is 644 g/mol. The van der Waals surface area contributed by atoms with E-state index >= 15 is 0 Å². The number of fused-ring (bicyclic) bond motifs is 3. The molecule has 2 heterocycles. The van der Waals surface area contributed by atoms with Gasteiger partial charge in [0.05, 0.1) is 42.6 Å². The van der Waals surface area contributed by atoms with Gasteiger partial charge >= 0.3 is 0 Å². The average Bonchev–Trinajstić information content (AvgIpc) is 3.02. The number of carbonyl (C=O) groups is 3. The van der Waals surface area contributed by atoms with E-state index in [1.807, 2.05) is 0 Å². The Morgan fingerprint density at radius 1 is 1.09 bits per heavy atom. The van der Waals surface area contributed by atoms with E-state index in [1.54, 1.807) is 6.92 Å². The Kier molecular flexibility index (Phi) is 8.44. The van der Waals surface area contributed by atoms with Crippen molar-refractivity contribution in [3.63, 3.8) is 0 Å². The number of hydrogen-bond donors (Lipinski definition) is 6. The zero-order chi connectivity index (χ0) is 33.1. The lowest BCUT2D eigenvalue weighted by molar-refractivity contribution is -0.404. The zero-order valence-electron chi connectivity index (χ0n) is 25.4. The number of carbonyl (C=O) groups excluding carboxylic acids is 3. The molecule has 0 radical (unpaired) electrons. The lowest BCUT2D eigenvalue weighted by Gasteiger charge is -2.45. The molecule has 0 bridgehead atoms. The Hall–Kier alpha value is -3.47. The maximum Gasteiger partial charge on any atom is 0.280 e. The van der Waals surface area contributed by atoms with Crippen LogP contribution in [-0.2, 0) is 30.2 Å². The van der Waals surface area contributed by atoms with Crippen molar-refractivity contribution in [1.29, 1.82) is 0 Å². The number of ether oxygens (including phenoxy) is 5. The van der Waals surface area contributed by atoms with Crippen molar-refractivity contribution >= 4 is 17.3 Å². The van der Waals surface area contributed by atoms with Crippen molar-refractivity contribution in [2.45, 2.75) is 87.7 Å². The summed E-state index contributed by atoms with van der Waals surface area (Å²) in [5.74, 6) is -5.65. The molecule has 6 rings (SSSR count). The molecule has 0 unspecified atom stereocenters. The summed E-state index contributed by atoms with van der Waals surface area (Å²) < 4.78 is 28.8. The van der Waals surface area contributed by atoms with E-state index < -0.39 is 102 Å². The summed E-state index contributed by atoms with van der Waals surface area (Å²) in [6.45, 7) is 0.941. The van der Waals surface area contributed by atoms with E-state index in [0.29, 0.717) is 13.0 Å². The lowest BCUT2D eigenvalue weighted by Crippen LogP contribution is -2.57. The highest BCUT2D eigenvalue weighted by Crippen LogP contribution is 2.52. The molecule has 2 aromatic rings. The van der Waals surface area contributed by atoms with Gasteiger partial charge in [0.1, 0.15) is 35.6 Å². The summed E-state index contributed by atoms with van der Waals surface area (Å²) in [6.07, 6.45) is -3.36. The zero-order valence-corrected chi connectivity index (χ0v) is 25.4. The van der Waals surface area contributed by atoms with E-state index in [1.165, 1.54) is 25.3 Å². The number of rotatable bonds is 7. The third-order valence-electron chi connectivity index (χ3n) is 9.31. The summed E-state index contributed by atoms with van der Waals surface area (Å²) in [4.78, 5) is 40.3. The number of hydrogen-bond acceptors (Lipinski definition) is 14. The molecule has 7 N–H and O–H groups in total. The third kappa shape index (κ3) is 5.28. The van der Waals surface area contributed by atoms with Crippen molar-refractivity contribution in [2.24, 2.45) is 5.73 Å². The van der Waals surface area contributed by atoms with Crippen molar-refractivity contribution in [3.8, 4) is 17.2 Å². The Bertz CT molecular complexity index is 1570. The highest BCUT2D eigenvalue weighted by atomic mass is 16.8. The molecule has 2 aliphatic carbocycles. The highest BCUT2D eigenvalue weighted by Gasteiger charge is 2.51. The Morgan fingerprint density at radius 3 is 2.48 bits per heavy atom. The van der Waals surface area contributed by atoms with Crippen molar-refractivity contribution < 1.29 is 63.6 Å². The molecule has 248 valence electrons. The molecule has 0 spiro atoms. The van der Waals surface area contributed by atoms with Gasteiger partial charge in [0.2, 0.25) is 5.78 Å². The van der Waals surface area contributed by atoms with E-state index in [2.05, 4.69) is 0 Å². The number of ketones is 3. The van der Waals surface area contributed by atoms with Crippen LogP contribution >= 0.6 is 0 Å². The fourth-order valence-corrected chi connectivity index (χ4v) is 6.98. The third-order valence-corrected chi connectivity index (χ3v) is 9.31. The van der Waals surface area contributed by atoms with Gasteiger partial charge in [0.15, 0.2) is 17.9 Å². The normalized spacial score (nSPS) is 32.3. The van der Waals surface area contributed by atoms with Gasteiger partial charge in [-0.3, -0.25) is 14.4 Å². The fraction of sp³-hybridized carbons (Fsp3) is 0.531. The SMILES string of the molecule is COc1cccc2c1C(=O)c1c(O)c3c(c(O)c1C2=O)C[C@@](O)(C(=O)CO)C[C@@H]3O[C@H]1C[C@H](N)[C@H](O[C@]2(O)CCCCO2)[C@H](C)O1. The molecule has 14 nitrogen and oxygen atoms in total. The predicted octanol–water partition coefficient (Wildman–Crippen LogP) is 0.872. The summed E-state index contributed by atoms with van der Waals surface area (Å²) in [6, 6.07) is 3.63. The minimum absolute atomic E-state index is 0.00295. The van der Waals surface area contributed by atoms with Gasteiger partial charge in [-0.05, 0) is 25.8 Å². The molecule has 2 saturated heterocycles. The van der Waals surface area contributed by atoms with Gasteiger partial charge < -0.3 is 55.0 Å². The van der Waals surface area contributed by atoms with Crippen LogP contribution < -0.4 is 10.5 Å². The van der Waals surface area contributed by atoms with Crippen LogP contribution in [0, 0.1) is 0 Å². The topological polar surface area (TPSA) is 225 Å². The second-order valence-corrected chi connectivity index (χ2v) is 12.3. The number of Topliss-reactive ketones (excluding diaryl/α,β-unsaturated/α-hetero) is 1. The van der Waals surface area contributed by atoms with Gasteiger partial charge in [-0.2, -0.15) is 0 Å². The van der Waals surface area contributed by atoms with E-state index in [-0.39, 0.29) is 40.8 Å². The minimum Gasteiger partial charge on any atom is -0.507 e. The Labute approximate surface area is 263 Å². The Balaban J connectivity index is 1.38. The fourth-order valence-electron chi connectivity index (χ4n) is 6.98. The molecule has 0 saturated carbocycles. The monoisotopic (exact) mass is 643 g/mol. The van der Waals surface area contributed by atoms with Gasteiger partial charge in [0.25, 0.3) is 5.97 Å². The van der Waals surface area contributed by atoms with Gasteiger partial charge in [-0.15, -0.1) is 0 Å². The summed E-state index contributed by atoms with van der Waals surface area (Å²) in [7, 11) is 1.32. The minimum atomic E-state index is -2.27. The molecule has 46 heavy (non-hydrogen) atoms. The van der Waals surface area contributed by atoms with Crippen LogP contribution in [0.4, 0.5) is 0 Å². The first-order chi connectivity index (χ1) is 21.8. The van der Waals surface area contributed by atoms with Crippen LogP contribution in [0.3, 0.4) is 0 Å². The molecule has 0 aromatic heterocycles. The summed E-state index contributed by atoms with van der Waals surface area (Å²) in [5, 5.41) is 55.0. The molecular formula is C32H37NO13. The first kappa shape index (κ1) is 32.5. The standard InChI is InChI=1S/C32H37NO13/c1-14-30(46-32(41)8-3-4-9-43-32)17(33)10-21(44-14)45-19-12-31(40,20(35)13-34)11-16-23(19)29(39)25-24(27(16)37)26(36)15-6-5-7-18(42-2)22(15)28(25)38/h5-7,14,17,19,21,30,34,37,39-41H,3-4,8-13,33H2,1-2H3/t14-,17-,19-,21-,30+,31-,32-/m0/s1. The van der Waals surface area contributed by atoms with Crippen LogP contribution in [0.5, 0.6) is 17.2 Å². The number of nitrogens with two attached hydrogens (primary N) is 1. The van der Waals surface area contributed by atoms with Gasteiger partial charge in [0, 0.05) is 48.4 Å². The molecule has 14 heteroatoms. The second kappa shape index (κ2) is 12.0. The van der Waals surface area contributed by atoms with Crippen molar-refractivity contribution in [3.05, 3.63) is 51.6 Å². The molecular weight excluding hydrogens is 606 g/mol. The molecule has 0 amide bonds. The highest BCUT2D eigenvalue weighted by molar-refractivity contribution is 6.31. The number of phenols is 2. The van der Waals surface area contributed by atoms with E-state index in [0.717, 1.165) is 6.42 Å². The predicted molar refractivity (Wildman–Crippen MR) is 155 cm³/mol. The van der Waals surface area contributed by atoms with Crippen molar-refractivity contribution in [2.75, 3.05) is 20.3 Å². The van der Waals surface area contributed by atoms with Crippen LogP contribution in [0.2, 0.25) is 0 Å². The number of methoxy groups -OCH3 is 1. The molecule has 7 atom stereocenters. The number of aliphatic hydroxyl groups is 3. The molecule has 2 aliphatic heterocycles. The van der Waals surface area contributed by atoms with Gasteiger partial charge in [-0.25, -0.2) is 0 Å². The maximum atomic E-state index is 13.8. The molecule has 2 fully saturated rings. The smallest absolute Gasteiger partial charge is 0.280 e. The van der Waals surface area contributed by atoms with Crippen LogP contribution in [0.15, 0.2) is 18.2 Å². The Morgan fingerprint density at radius 2 is 1.83 bits per heavy atom. The second-order valence-electron chi connectivity index (χ2n) is 12.3. The van der Waals surface area contributed by atoms with Gasteiger partial charge in [-0.1, -0.05) is 12.1 Å². The summed E-state index contributed by atoms with van der Waals surface area (Å²) >= 11 is 0. The number of aromatic hydroxyl groups is 2. The number of aliphatic hydroxyl groups excluding tert-OH is 1. The van der Waals surface area contributed by atoms with Crippen molar-refractivity contribution in [1.82, 2.24) is 0 Å².